The van der Waals surface area contributed by atoms with Crippen LogP contribution >= 0.6 is 11.6 Å². The van der Waals surface area contributed by atoms with Crippen LogP contribution in [0.2, 0.25) is 5.02 Å². The van der Waals surface area contributed by atoms with Crippen molar-refractivity contribution in [2.75, 3.05) is 6.61 Å². The number of hydrogen-bond donors (Lipinski definition) is 1. The average molecular weight is 365 g/mol. The van der Waals surface area contributed by atoms with Gasteiger partial charge in [0.1, 0.15) is 5.75 Å². The van der Waals surface area contributed by atoms with Gasteiger partial charge in [-0.25, -0.2) is 0 Å². The van der Waals surface area contributed by atoms with Crippen molar-refractivity contribution in [1.29, 1.82) is 5.26 Å². The number of ether oxygens (including phenoxy) is 1. The van der Waals surface area contributed by atoms with E-state index in [9.17, 15) is 10.1 Å². The molecule has 4 nitrogen and oxygen atoms in total. The largest absolute Gasteiger partial charge is 0.494 e. The summed E-state index contributed by atoms with van der Waals surface area (Å²) in [4.78, 5) is 15.1. The molecule has 0 aliphatic heterocycles. The van der Waals surface area contributed by atoms with E-state index in [2.05, 4.69) is 11.1 Å². The van der Waals surface area contributed by atoms with Gasteiger partial charge >= 0.3 is 0 Å². The number of benzene rings is 2. The molecule has 5 heteroatoms. The van der Waals surface area contributed by atoms with Gasteiger partial charge in [0.2, 0.25) is 0 Å². The zero-order valence-electron chi connectivity index (χ0n) is 14.3. The second kappa shape index (κ2) is 7.90. The van der Waals surface area contributed by atoms with Gasteiger partial charge in [-0.05, 0) is 47.9 Å². The number of nitrogens with zero attached hydrogens (tertiary/aromatic N) is 1. The quantitative estimate of drug-likeness (QED) is 0.691. The highest BCUT2D eigenvalue weighted by Gasteiger charge is 2.11. The molecule has 0 atom stereocenters. The van der Waals surface area contributed by atoms with Crippen LogP contribution in [-0.2, 0) is 0 Å². The normalized spacial score (nSPS) is 10.3. The summed E-state index contributed by atoms with van der Waals surface area (Å²) in [5.74, 6) is 0.622. The molecule has 0 amide bonds. The van der Waals surface area contributed by atoms with Crippen LogP contribution in [-0.4, -0.2) is 11.6 Å². The highest BCUT2D eigenvalue weighted by atomic mass is 35.5. The van der Waals surface area contributed by atoms with E-state index in [1.165, 1.54) is 0 Å². The van der Waals surface area contributed by atoms with Gasteiger partial charge in [-0.3, -0.25) is 4.79 Å². The van der Waals surface area contributed by atoms with Crippen molar-refractivity contribution >= 4 is 11.6 Å². The van der Waals surface area contributed by atoms with Gasteiger partial charge in [0, 0.05) is 22.3 Å². The zero-order valence-corrected chi connectivity index (χ0v) is 15.0. The monoisotopic (exact) mass is 364 g/mol. The van der Waals surface area contributed by atoms with Crippen LogP contribution in [0.1, 0.15) is 18.9 Å². The Kier molecular flexibility index (Phi) is 5.40. The van der Waals surface area contributed by atoms with Gasteiger partial charge in [0.25, 0.3) is 5.56 Å². The lowest BCUT2D eigenvalue weighted by molar-refractivity contribution is 0.317. The minimum Gasteiger partial charge on any atom is -0.494 e. The van der Waals surface area contributed by atoms with Crippen LogP contribution in [0.3, 0.4) is 0 Å². The summed E-state index contributed by atoms with van der Waals surface area (Å²) < 4.78 is 5.65. The van der Waals surface area contributed by atoms with E-state index in [1.54, 1.807) is 36.5 Å². The van der Waals surface area contributed by atoms with E-state index in [0.717, 1.165) is 17.5 Å². The van der Waals surface area contributed by atoms with E-state index >= 15 is 0 Å². The molecule has 0 radical (unpaired) electrons. The maximum atomic E-state index is 12.4. The van der Waals surface area contributed by atoms with Crippen LogP contribution < -0.4 is 10.3 Å². The molecule has 0 saturated heterocycles. The number of halogens is 1. The molecule has 1 aromatic heterocycles. The summed E-state index contributed by atoms with van der Waals surface area (Å²) in [7, 11) is 0. The van der Waals surface area contributed by atoms with E-state index in [0.29, 0.717) is 34.1 Å². The smallest absolute Gasteiger partial charge is 0.255 e. The molecule has 0 bridgehead atoms. The molecule has 0 spiro atoms. The predicted octanol–water partition coefficient (Wildman–Crippen LogP) is 5.02. The molecule has 0 aliphatic carbocycles. The minimum atomic E-state index is -0.230. The Bertz CT molecular complexity index is 1030. The first-order valence-electron chi connectivity index (χ1n) is 8.28. The first-order chi connectivity index (χ1) is 12.6. The maximum Gasteiger partial charge on any atom is 0.255 e. The molecular weight excluding hydrogens is 348 g/mol. The fourth-order valence-electron chi connectivity index (χ4n) is 2.71. The van der Waals surface area contributed by atoms with Gasteiger partial charge in [0.05, 0.1) is 18.2 Å². The number of hydrogen-bond acceptors (Lipinski definition) is 3. The summed E-state index contributed by atoms with van der Waals surface area (Å²) in [6, 6.07) is 16.5. The van der Waals surface area contributed by atoms with Crippen LogP contribution in [0.15, 0.2) is 59.5 Å². The highest BCUT2D eigenvalue weighted by Crippen LogP contribution is 2.30. The molecule has 2 aromatic carbocycles. The van der Waals surface area contributed by atoms with Crippen molar-refractivity contribution < 1.29 is 4.74 Å². The first-order valence-corrected chi connectivity index (χ1v) is 8.66. The number of aromatic amines is 1. The van der Waals surface area contributed by atoms with E-state index in [-0.39, 0.29) is 5.56 Å². The Labute approximate surface area is 156 Å². The van der Waals surface area contributed by atoms with Gasteiger partial charge in [-0.15, -0.1) is 0 Å². The van der Waals surface area contributed by atoms with Crippen molar-refractivity contribution in [3.05, 3.63) is 75.7 Å². The summed E-state index contributed by atoms with van der Waals surface area (Å²) in [6.07, 6.45) is 2.49. The molecule has 0 saturated carbocycles. The zero-order chi connectivity index (χ0) is 18.5. The summed E-state index contributed by atoms with van der Waals surface area (Å²) >= 11 is 6.20. The number of pyridine rings is 1. The lowest BCUT2D eigenvalue weighted by Gasteiger charge is -2.10. The number of aromatic nitrogens is 1. The van der Waals surface area contributed by atoms with E-state index < -0.39 is 0 Å². The van der Waals surface area contributed by atoms with Crippen molar-refractivity contribution in [3.63, 3.8) is 0 Å². The predicted molar refractivity (Wildman–Crippen MR) is 103 cm³/mol. The molecule has 3 aromatic rings. The summed E-state index contributed by atoms with van der Waals surface area (Å²) in [5.41, 5.74) is 2.97. The molecule has 26 heavy (non-hydrogen) atoms. The fourth-order valence-corrected chi connectivity index (χ4v) is 2.93. The Balaban J connectivity index is 2.11. The Morgan fingerprint density at radius 2 is 1.92 bits per heavy atom. The van der Waals surface area contributed by atoms with Gasteiger partial charge in [-0.2, -0.15) is 5.26 Å². The molecule has 130 valence electrons. The maximum absolute atomic E-state index is 12.4. The third kappa shape index (κ3) is 3.79. The van der Waals surface area contributed by atoms with Crippen molar-refractivity contribution in [3.8, 4) is 34.1 Å². The van der Waals surface area contributed by atoms with Crippen molar-refractivity contribution in [2.24, 2.45) is 0 Å². The third-order valence-electron chi connectivity index (χ3n) is 3.92. The van der Waals surface area contributed by atoms with Crippen LogP contribution in [0.5, 0.6) is 5.75 Å². The number of rotatable bonds is 5. The molecule has 1 N–H and O–H groups in total. The van der Waals surface area contributed by atoms with Crippen LogP contribution in [0.25, 0.3) is 22.3 Å². The standard InChI is InChI=1S/C21H17ClN2O2/c1-2-7-26-18-9-15(8-17(22)11-18)20-10-16(13-24-21(20)25)19-6-4-3-5-14(19)12-23/h3-6,8-11,13H,2,7H2,1H3,(H,24,25). The van der Waals surface area contributed by atoms with Gasteiger partial charge in [0.15, 0.2) is 0 Å². The number of nitrogens with one attached hydrogen (secondary N) is 1. The lowest BCUT2D eigenvalue weighted by Crippen LogP contribution is -2.08. The molecular formula is C21H17ClN2O2. The summed E-state index contributed by atoms with van der Waals surface area (Å²) in [6.45, 7) is 2.60. The van der Waals surface area contributed by atoms with Crippen LogP contribution in [0.4, 0.5) is 0 Å². The minimum absolute atomic E-state index is 0.230. The number of nitriles is 1. The molecule has 1 heterocycles. The van der Waals surface area contributed by atoms with Gasteiger partial charge < -0.3 is 9.72 Å². The second-order valence-corrected chi connectivity index (χ2v) is 6.25. The Morgan fingerprint density at radius 1 is 1.12 bits per heavy atom. The highest BCUT2D eigenvalue weighted by molar-refractivity contribution is 6.31. The molecule has 3 rings (SSSR count). The fraction of sp³-hybridized carbons (Fsp3) is 0.143. The Morgan fingerprint density at radius 3 is 2.69 bits per heavy atom. The van der Waals surface area contributed by atoms with Crippen molar-refractivity contribution in [2.45, 2.75) is 13.3 Å². The first kappa shape index (κ1) is 17.8. The topological polar surface area (TPSA) is 65.9 Å². The number of H-pyrrole nitrogens is 1. The molecule has 0 aliphatic rings. The third-order valence-corrected chi connectivity index (χ3v) is 4.14. The van der Waals surface area contributed by atoms with E-state index in [4.69, 9.17) is 16.3 Å². The SMILES string of the molecule is CCCOc1cc(Cl)cc(-c2cc(-c3ccccc3C#N)c[nH]c2=O)c1. The Hall–Kier alpha value is -3.03. The van der Waals surface area contributed by atoms with Crippen LogP contribution in [0, 0.1) is 11.3 Å². The molecule has 0 unspecified atom stereocenters. The van der Waals surface area contributed by atoms with Gasteiger partial charge in [-0.1, -0.05) is 36.7 Å². The van der Waals surface area contributed by atoms with Crippen molar-refractivity contribution in [1.82, 2.24) is 4.98 Å². The lowest BCUT2D eigenvalue weighted by atomic mass is 9.98. The molecule has 0 fully saturated rings. The summed E-state index contributed by atoms with van der Waals surface area (Å²) in [5, 5.41) is 9.82. The average Bonchev–Trinajstić information content (AvgIpc) is 2.66. The second-order valence-electron chi connectivity index (χ2n) is 5.81. The van der Waals surface area contributed by atoms with E-state index in [1.807, 2.05) is 25.1 Å².